The largest absolute Gasteiger partial charge is 0.393 e. The highest BCUT2D eigenvalue weighted by atomic mass is 28.3. The molecule has 2 atom stereocenters. The van der Waals surface area contributed by atoms with Crippen molar-refractivity contribution in [2.45, 2.75) is 95.0 Å². The Morgan fingerprint density at radius 2 is 1.68 bits per heavy atom. The molecule has 1 nitrogen and oxygen atoms in total. The molecular weight excluding hydrogens is 392 g/mol. The number of aliphatic hydroxyl groups is 1. The molecule has 0 spiro atoms. The van der Waals surface area contributed by atoms with Crippen molar-refractivity contribution in [3.63, 3.8) is 0 Å². The van der Waals surface area contributed by atoms with Crippen LogP contribution in [0.2, 0.25) is 19.6 Å². The van der Waals surface area contributed by atoms with Crippen molar-refractivity contribution in [2.75, 3.05) is 0 Å². The van der Waals surface area contributed by atoms with Gasteiger partial charge in [-0.25, -0.2) is 0 Å². The maximum Gasteiger partial charge on any atom is 0.0829 e. The van der Waals surface area contributed by atoms with E-state index in [9.17, 15) is 5.11 Å². The van der Waals surface area contributed by atoms with Crippen LogP contribution < -0.4 is 0 Å². The number of hydrogen-bond donors (Lipinski definition) is 1. The van der Waals surface area contributed by atoms with E-state index in [-0.39, 0.29) is 5.92 Å². The van der Waals surface area contributed by atoms with E-state index in [2.05, 4.69) is 69.0 Å². The Hall–Kier alpha value is -1.64. The molecule has 1 saturated carbocycles. The van der Waals surface area contributed by atoms with Crippen molar-refractivity contribution in [2.24, 2.45) is 0 Å². The van der Waals surface area contributed by atoms with Gasteiger partial charge in [0.1, 0.15) is 0 Å². The summed E-state index contributed by atoms with van der Waals surface area (Å²) >= 11 is 0. The average molecular weight is 431 g/mol. The Bertz CT molecular complexity index is 1020. The summed E-state index contributed by atoms with van der Waals surface area (Å²) in [4.78, 5) is 0. The number of aryl methyl sites for hydroxylation is 1. The number of benzene rings is 2. The van der Waals surface area contributed by atoms with Gasteiger partial charge in [0.05, 0.1) is 13.3 Å². The quantitative estimate of drug-likeness (QED) is 0.399. The molecule has 0 aliphatic heterocycles. The Balaban J connectivity index is 1.76. The van der Waals surface area contributed by atoms with Gasteiger partial charge < -0.3 is 5.11 Å². The van der Waals surface area contributed by atoms with Gasteiger partial charge in [0.15, 0.2) is 0 Å². The molecule has 2 aromatic rings. The molecule has 3 aliphatic carbocycles. The molecule has 2 unspecified atom stereocenters. The molecular formula is C29H38OSi. The van der Waals surface area contributed by atoms with Crippen LogP contribution in [0.25, 0.3) is 11.1 Å². The third-order valence-corrected chi connectivity index (χ3v) is 12.1. The van der Waals surface area contributed by atoms with Crippen molar-refractivity contribution in [1.82, 2.24) is 0 Å². The monoisotopic (exact) mass is 430 g/mol. The molecule has 0 saturated heterocycles. The molecule has 3 aliphatic rings. The molecule has 2 heteroatoms. The van der Waals surface area contributed by atoms with Crippen LogP contribution in [0.3, 0.4) is 0 Å². The van der Waals surface area contributed by atoms with Crippen LogP contribution in [0.1, 0.15) is 78.7 Å². The molecule has 0 radical (unpaired) electrons. The third-order valence-electron chi connectivity index (χ3n) is 8.71. The lowest BCUT2D eigenvalue weighted by Gasteiger charge is -2.45. The Labute approximate surface area is 189 Å². The zero-order chi connectivity index (χ0) is 21.8. The zero-order valence-electron chi connectivity index (χ0n) is 19.8. The summed E-state index contributed by atoms with van der Waals surface area (Å²) in [5.74, 6) is 0.774. The van der Waals surface area contributed by atoms with E-state index in [4.69, 9.17) is 0 Å². The second-order valence-corrected chi connectivity index (χ2v) is 16.9. The van der Waals surface area contributed by atoms with E-state index >= 15 is 0 Å². The Morgan fingerprint density at radius 3 is 2.42 bits per heavy atom. The minimum atomic E-state index is -1.80. The standard InChI is InChI=1S/C29H38OSi/c1-29(30,31(2,3)4)27-16-10-15-24-23-18-17-21-13-8-9-14-22(21)26(23)19-25(28(24)27)20-11-6-5-7-12-20/h8-10,13-14,16,19-20,27,30H,5-7,11-12,15,17-18H2,1-4H3. The minimum Gasteiger partial charge on any atom is -0.393 e. The summed E-state index contributed by atoms with van der Waals surface area (Å²) in [6.45, 7) is 9.10. The van der Waals surface area contributed by atoms with Gasteiger partial charge in [0, 0.05) is 5.92 Å². The van der Waals surface area contributed by atoms with Gasteiger partial charge >= 0.3 is 0 Å². The van der Waals surface area contributed by atoms with Crippen molar-refractivity contribution >= 4 is 8.07 Å². The van der Waals surface area contributed by atoms with E-state index in [0.717, 1.165) is 19.3 Å². The van der Waals surface area contributed by atoms with E-state index in [1.54, 1.807) is 16.7 Å². The van der Waals surface area contributed by atoms with Gasteiger partial charge in [-0.15, -0.1) is 0 Å². The molecule has 5 rings (SSSR count). The molecule has 1 fully saturated rings. The molecule has 0 bridgehead atoms. The Kier molecular flexibility index (Phi) is 5.30. The van der Waals surface area contributed by atoms with Gasteiger partial charge in [-0.1, -0.05) is 81.4 Å². The summed E-state index contributed by atoms with van der Waals surface area (Å²) in [6.07, 6.45) is 14.7. The number of hydrogen-bond acceptors (Lipinski definition) is 1. The topological polar surface area (TPSA) is 20.2 Å². The average Bonchev–Trinajstić information content (AvgIpc) is 2.77. The molecule has 0 heterocycles. The lowest BCUT2D eigenvalue weighted by molar-refractivity contribution is 0.118. The van der Waals surface area contributed by atoms with Crippen LogP contribution in [-0.4, -0.2) is 18.4 Å². The summed E-state index contributed by atoms with van der Waals surface area (Å²) < 4.78 is 0. The van der Waals surface area contributed by atoms with Crippen LogP contribution in [0.5, 0.6) is 0 Å². The summed E-state index contributed by atoms with van der Waals surface area (Å²) in [6, 6.07) is 11.6. The fourth-order valence-corrected chi connectivity index (χ4v) is 7.48. The van der Waals surface area contributed by atoms with Gasteiger partial charge in [0.25, 0.3) is 0 Å². The first-order chi connectivity index (χ1) is 14.8. The van der Waals surface area contributed by atoms with Gasteiger partial charge in [0.2, 0.25) is 0 Å². The van der Waals surface area contributed by atoms with E-state index in [1.165, 1.54) is 54.4 Å². The van der Waals surface area contributed by atoms with Gasteiger partial charge in [-0.3, -0.25) is 0 Å². The SMILES string of the molecule is CC(O)(C1C=CCc2c3c(cc(C4CCCCC4)c21)-c1ccccc1CC3)[Si](C)(C)C. The van der Waals surface area contributed by atoms with Crippen molar-refractivity contribution in [3.05, 3.63) is 70.3 Å². The van der Waals surface area contributed by atoms with E-state index in [1.807, 2.05) is 0 Å². The van der Waals surface area contributed by atoms with Crippen LogP contribution in [-0.2, 0) is 19.3 Å². The van der Waals surface area contributed by atoms with Gasteiger partial charge in [-0.2, -0.15) is 0 Å². The second kappa shape index (κ2) is 7.74. The number of rotatable bonds is 3. The van der Waals surface area contributed by atoms with Crippen LogP contribution in [0, 0.1) is 0 Å². The van der Waals surface area contributed by atoms with Crippen LogP contribution in [0.4, 0.5) is 0 Å². The zero-order valence-corrected chi connectivity index (χ0v) is 20.8. The predicted molar refractivity (Wildman–Crippen MR) is 135 cm³/mol. The molecule has 0 amide bonds. The van der Waals surface area contributed by atoms with E-state index in [0.29, 0.717) is 5.92 Å². The first-order valence-electron chi connectivity index (χ1n) is 12.4. The smallest absolute Gasteiger partial charge is 0.0829 e. The lowest BCUT2D eigenvalue weighted by atomic mass is 9.70. The second-order valence-electron chi connectivity index (χ2n) is 11.4. The highest BCUT2D eigenvalue weighted by Crippen LogP contribution is 2.50. The van der Waals surface area contributed by atoms with Gasteiger partial charge in [-0.05, 0) is 83.9 Å². The maximum atomic E-state index is 11.9. The lowest BCUT2D eigenvalue weighted by Crippen LogP contribution is -2.54. The third kappa shape index (κ3) is 3.47. The highest BCUT2D eigenvalue weighted by molar-refractivity contribution is 6.79. The number of fused-ring (bicyclic) bond motifs is 5. The molecule has 0 aromatic heterocycles. The predicted octanol–water partition coefficient (Wildman–Crippen LogP) is 7.32. The van der Waals surface area contributed by atoms with Crippen molar-refractivity contribution in [1.29, 1.82) is 0 Å². The summed E-state index contributed by atoms with van der Waals surface area (Å²) in [7, 11) is -1.80. The van der Waals surface area contributed by atoms with Crippen molar-refractivity contribution in [3.8, 4) is 11.1 Å². The molecule has 1 N–H and O–H groups in total. The fourth-order valence-electron chi connectivity index (χ4n) is 6.31. The normalized spacial score (nSPS) is 22.9. The Morgan fingerprint density at radius 1 is 0.935 bits per heavy atom. The summed E-state index contributed by atoms with van der Waals surface area (Å²) in [5.41, 5.74) is 10.6. The maximum absolute atomic E-state index is 11.9. The fraction of sp³-hybridized carbons (Fsp3) is 0.517. The first-order valence-corrected chi connectivity index (χ1v) is 15.9. The van der Waals surface area contributed by atoms with Crippen LogP contribution in [0.15, 0.2) is 42.5 Å². The van der Waals surface area contributed by atoms with E-state index < -0.39 is 13.3 Å². The van der Waals surface area contributed by atoms with Crippen molar-refractivity contribution < 1.29 is 5.11 Å². The first kappa shape index (κ1) is 21.2. The molecule has 31 heavy (non-hydrogen) atoms. The highest BCUT2D eigenvalue weighted by Gasteiger charge is 2.46. The minimum absolute atomic E-state index is 0.127. The molecule has 2 aromatic carbocycles. The number of allylic oxidation sites excluding steroid dienone is 1. The summed E-state index contributed by atoms with van der Waals surface area (Å²) in [5, 5.41) is 11.3. The van der Waals surface area contributed by atoms with Crippen LogP contribution >= 0.6 is 0 Å². The molecule has 164 valence electrons.